The SMILES string of the molecule is CC(C)(C)COc1c(C=Nn2c(-c3cc4cc(Cl)ccc4o3)nc3ccccc3c2=O)cc(Cl)cc1[N+](=O)[O-]. The maximum Gasteiger partial charge on any atom is 0.313 e. The Morgan fingerprint density at radius 2 is 1.87 bits per heavy atom. The number of halogens is 2. The van der Waals surface area contributed by atoms with Crippen LogP contribution in [0.3, 0.4) is 0 Å². The van der Waals surface area contributed by atoms with Crippen molar-refractivity contribution in [3.8, 4) is 17.3 Å². The topological polar surface area (TPSA) is 113 Å². The fraction of sp³-hybridized carbons (Fsp3) is 0.179. The molecule has 0 spiro atoms. The molecule has 0 radical (unpaired) electrons. The molecular weight excluding hydrogens is 543 g/mol. The molecule has 0 fully saturated rings. The van der Waals surface area contributed by atoms with Gasteiger partial charge in [-0.2, -0.15) is 9.78 Å². The van der Waals surface area contributed by atoms with Crippen LogP contribution in [0.25, 0.3) is 33.5 Å². The molecule has 0 saturated heterocycles. The summed E-state index contributed by atoms with van der Waals surface area (Å²) in [6.45, 7) is 6.02. The molecule has 0 aliphatic carbocycles. The lowest BCUT2D eigenvalue weighted by Crippen LogP contribution is -2.20. The van der Waals surface area contributed by atoms with Crippen LogP contribution in [0, 0.1) is 15.5 Å². The average molecular weight is 565 g/mol. The maximum absolute atomic E-state index is 13.6. The Labute approximate surface area is 232 Å². The first-order valence-electron chi connectivity index (χ1n) is 11.9. The minimum absolute atomic E-state index is 0.00944. The van der Waals surface area contributed by atoms with Crippen molar-refractivity contribution < 1.29 is 14.1 Å². The Bertz CT molecular complexity index is 1840. The molecule has 198 valence electrons. The largest absolute Gasteiger partial charge is 0.486 e. The summed E-state index contributed by atoms with van der Waals surface area (Å²) in [5, 5.41) is 17.9. The first-order valence-corrected chi connectivity index (χ1v) is 12.6. The van der Waals surface area contributed by atoms with Crippen LogP contribution in [0.15, 0.2) is 75.0 Å². The highest BCUT2D eigenvalue weighted by Crippen LogP contribution is 2.35. The number of rotatable bonds is 6. The van der Waals surface area contributed by atoms with Gasteiger partial charge in [-0.3, -0.25) is 14.9 Å². The van der Waals surface area contributed by atoms with Gasteiger partial charge in [0.05, 0.1) is 28.6 Å². The van der Waals surface area contributed by atoms with E-state index in [-0.39, 0.29) is 45.6 Å². The summed E-state index contributed by atoms with van der Waals surface area (Å²) >= 11 is 12.3. The molecule has 0 aliphatic heterocycles. The second-order valence-corrected chi connectivity index (χ2v) is 10.9. The van der Waals surface area contributed by atoms with Gasteiger partial charge in [-0.05, 0) is 47.9 Å². The smallest absolute Gasteiger partial charge is 0.313 e. The van der Waals surface area contributed by atoms with Gasteiger partial charge in [0.25, 0.3) is 5.56 Å². The van der Waals surface area contributed by atoms with E-state index < -0.39 is 10.5 Å². The molecule has 39 heavy (non-hydrogen) atoms. The zero-order chi connectivity index (χ0) is 27.9. The predicted octanol–water partition coefficient (Wildman–Crippen LogP) is 7.33. The minimum Gasteiger partial charge on any atom is -0.486 e. The van der Waals surface area contributed by atoms with E-state index in [0.29, 0.717) is 21.5 Å². The number of nitro benzene ring substituents is 1. The maximum atomic E-state index is 13.6. The van der Waals surface area contributed by atoms with E-state index in [1.54, 1.807) is 48.5 Å². The summed E-state index contributed by atoms with van der Waals surface area (Å²) in [6.07, 6.45) is 1.29. The van der Waals surface area contributed by atoms with Crippen molar-refractivity contribution in [1.29, 1.82) is 0 Å². The van der Waals surface area contributed by atoms with E-state index in [1.165, 1.54) is 18.3 Å². The fourth-order valence-electron chi connectivity index (χ4n) is 3.91. The van der Waals surface area contributed by atoms with Crippen LogP contribution < -0.4 is 10.3 Å². The molecule has 9 nitrogen and oxygen atoms in total. The third-order valence-corrected chi connectivity index (χ3v) is 6.13. The molecule has 2 aromatic heterocycles. The third-order valence-electron chi connectivity index (χ3n) is 5.67. The Kier molecular flexibility index (Phi) is 6.88. The van der Waals surface area contributed by atoms with Crippen molar-refractivity contribution >= 4 is 57.0 Å². The predicted molar refractivity (Wildman–Crippen MR) is 152 cm³/mol. The summed E-state index contributed by atoms with van der Waals surface area (Å²) in [7, 11) is 0. The Hall–Kier alpha value is -4.21. The van der Waals surface area contributed by atoms with Crippen molar-refractivity contribution in [2.24, 2.45) is 10.5 Å². The molecule has 0 aliphatic rings. The van der Waals surface area contributed by atoms with Gasteiger partial charge in [-0.15, -0.1) is 0 Å². The number of para-hydroxylation sites is 1. The van der Waals surface area contributed by atoms with Gasteiger partial charge in [0, 0.05) is 27.1 Å². The van der Waals surface area contributed by atoms with E-state index >= 15 is 0 Å². The van der Waals surface area contributed by atoms with Crippen molar-refractivity contribution in [1.82, 2.24) is 9.66 Å². The summed E-state index contributed by atoms with van der Waals surface area (Å²) in [5.74, 6) is 0.411. The zero-order valence-corrected chi connectivity index (χ0v) is 22.7. The molecule has 0 unspecified atom stereocenters. The number of hydrogen-bond acceptors (Lipinski definition) is 7. The van der Waals surface area contributed by atoms with Crippen LogP contribution >= 0.6 is 23.2 Å². The van der Waals surface area contributed by atoms with Crippen LogP contribution in [0.5, 0.6) is 5.75 Å². The fourth-order valence-corrected chi connectivity index (χ4v) is 4.31. The molecule has 5 aromatic rings. The second-order valence-electron chi connectivity index (χ2n) is 10.1. The summed E-state index contributed by atoms with van der Waals surface area (Å²) in [4.78, 5) is 29.5. The van der Waals surface area contributed by atoms with Crippen molar-refractivity contribution in [2.45, 2.75) is 20.8 Å². The molecule has 0 bridgehead atoms. The third kappa shape index (κ3) is 5.50. The standard InChI is InChI=1S/C28H22Cl2N4O5/c1-28(2,3)15-38-25-17(11-19(30)13-22(25)34(36)37)14-31-33-26(32-21-7-5-4-6-20(21)27(33)35)24-12-16-10-18(29)8-9-23(16)39-24/h4-14H,15H2,1-3H3. The number of nitrogens with zero attached hydrogens (tertiary/aromatic N) is 4. The van der Waals surface area contributed by atoms with Crippen molar-refractivity contribution in [2.75, 3.05) is 6.61 Å². The van der Waals surface area contributed by atoms with Crippen LogP contribution in [0.1, 0.15) is 26.3 Å². The average Bonchev–Trinajstić information content (AvgIpc) is 3.29. The number of fused-ring (bicyclic) bond motifs is 2. The van der Waals surface area contributed by atoms with E-state index in [4.69, 9.17) is 32.4 Å². The van der Waals surface area contributed by atoms with Crippen LogP contribution in [0.4, 0.5) is 5.69 Å². The van der Waals surface area contributed by atoms with E-state index in [2.05, 4.69) is 10.1 Å². The number of benzene rings is 3. The normalized spacial score (nSPS) is 12.0. The highest BCUT2D eigenvalue weighted by Gasteiger charge is 2.23. The van der Waals surface area contributed by atoms with Gasteiger partial charge < -0.3 is 9.15 Å². The number of furan rings is 1. The molecule has 3 aromatic carbocycles. The van der Waals surface area contributed by atoms with E-state index in [1.807, 2.05) is 20.8 Å². The number of nitro groups is 1. The van der Waals surface area contributed by atoms with Gasteiger partial charge >= 0.3 is 5.69 Å². The first-order chi connectivity index (χ1) is 18.5. The molecule has 11 heteroatoms. The first kappa shape index (κ1) is 26.4. The van der Waals surface area contributed by atoms with Gasteiger partial charge in [0.2, 0.25) is 11.6 Å². The Morgan fingerprint density at radius 3 is 2.62 bits per heavy atom. The lowest BCUT2D eigenvalue weighted by molar-refractivity contribution is -0.385. The molecule has 5 rings (SSSR count). The summed E-state index contributed by atoms with van der Waals surface area (Å²) in [6, 6.07) is 16.4. The molecule has 2 heterocycles. The molecule has 0 saturated carbocycles. The number of aromatic nitrogens is 2. The van der Waals surface area contributed by atoms with Crippen LogP contribution in [-0.4, -0.2) is 27.4 Å². The van der Waals surface area contributed by atoms with Gasteiger partial charge in [0.15, 0.2) is 5.76 Å². The highest BCUT2D eigenvalue weighted by molar-refractivity contribution is 6.31. The van der Waals surface area contributed by atoms with Gasteiger partial charge in [-0.1, -0.05) is 56.1 Å². The van der Waals surface area contributed by atoms with Crippen LogP contribution in [0.2, 0.25) is 10.0 Å². The second kappa shape index (κ2) is 10.2. The Morgan fingerprint density at radius 1 is 1.10 bits per heavy atom. The molecule has 0 atom stereocenters. The lowest BCUT2D eigenvalue weighted by Gasteiger charge is -2.19. The van der Waals surface area contributed by atoms with Gasteiger partial charge in [0.1, 0.15) is 5.58 Å². The number of ether oxygens (including phenoxy) is 1. The zero-order valence-electron chi connectivity index (χ0n) is 21.1. The monoisotopic (exact) mass is 564 g/mol. The quantitative estimate of drug-likeness (QED) is 0.121. The van der Waals surface area contributed by atoms with Crippen molar-refractivity contribution in [3.05, 3.63) is 96.7 Å². The lowest BCUT2D eigenvalue weighted by atomic mass is 9.98. The van der Waals surface area contributed by atoms with E-state index in [0.717, 1.165) is 10.1 Å². The highest BCUT2D eigenvalue weighted by atomic mass is 35.5. The van der Waals surface area contributed by atoms with Crippen LogP contribution in [-0.2, 0) is 0 Å². The Balaban J connectivity index is 1.71. The number of hydrogen-bond donors (Lipinski definition) is 0. The summed E-state index contributed by atoms with van der Waals surface area (Å²) < 4.78 is 12.9. The minimum atomic E-state index is -0.573. The molecule has 0 amide bonds. The van der Waals surface area contributed by atoms with Crippen molar-refractivity contribution in [3.63, 3.8) is 0 Å². The van der Waals surface area contributed by atoms with Gasteiger partial charge in [-0.25, -0.2) is 4.98 Å². The molecule has 0 N–H and O–H groups in total. The van der Waals surface area contributed by atoms with E-state index in [9.17, 15) is 14.9 Å². The molecular formula is C28H22Cl2N4O5. The summed E-state index contributed by atoms with van der Waals surface area (Å²) in [5.41, 5.74) is 0.176.